The number of pyridine rings is 2. The molecule has 8 heteroatoms. The predicted molar refractivity (Wildman–Crippen MR) is 119 cm³/mol. The van der Waals surface area contributed by atoms with Crippen molar-refractivity contribution in [3.8, 4) is 11.4 Å². The minimum absolute atomic E-state index is 0.342. The molecule has 0 aromatic carbocycles. The van der Waals surface area contributed by atoms with Gasteiger partial charge in [-0.15, -0.1) is 0 Å². The first-order valence-corrected chi connectivity index (χ1v) is 10.5. The third-order valence-electron chi connectivity index (χ3n) is 5.45. The number of ether oxygens (including phenoxy) is 1. The lowest BCUT2D eigenvalue weighted by Crippen LogP contribution is -2.47. The topological polar surface area (TPSA) is 84.3 Å². The summed E-state index contributed by atoms with van der Waals surface area (Å²) in [5.74, 6) is 2.19. The zero-order valence-electron chi connectivity index (χ0n) is 18.1. The molecule has 0 atom stereocenters. The van der Waals surface area contributed by atoms with Crippen LogP contribution in [0.5, 0.6) is 0 Å². The Kier molecular flexibility index (Phi) is 6.06. The van der Waals surface area contributed by atoms with E-state index in [1.165, 1.54) is 0 Å². The van der Waals surface area contributed by atoms with Crippen molar-refractivity contribution in [1.82, 2.24) is 19.9 Å². The molecule has 0 amide bonds. The number of carbonyl (C=O) groups excluding carboxylic acids is 1. The predicted octanol–water partition coefficient (Wildman–Crippen LogP) is 3.05. The number of rotatable bonds is 5. The molecule has 1 fully saturated rings. The first-order chi connectivity index (χ1) is 15.1. The number of hydrogen-bond acceptors (Lipinski definition) is 8. The molecule has 0 radical (unpaired) electrons. The highest BCUT2D eigenvalue weighted by atomic mass is 16.5. The number of nitrogens with zero attached hydrogens (tertiary/aromatic N) is 6. The maximum Gasteiger partial charge on any atom is 0.339 e. The molecular formula is C23H26N6O2. The Labute approximate surface area is 181 Å². The molecule has 1 aliphatic rings. The Hall–Kier alpha value is -3.55. The molecule has 160 valence electrons. The van der Waals surface area contributed by atoms with Gasteiger partial charge in [0, 0.05) is 61.6 Å². The van der Waals surface area contributed by atoms with Crippen LogP contribution in [0.3, 0.4) is 0 Å². The van der Waals surface area contributed by atoms with E-state index >= 15 is 0 Å². The third-order valence-corrected chi connectivity index (χ3v) is 5.45. The summed E-state index contributed by atoms with van der Waals surface area (Å²) in [5.41, 5.74) is 3.45. The number of aryl methyl sites for hydroxylation is 1. The Balaban J connectivity index is 1.48. The zero-order valence-corrected chi connectivity index (χ0v) is 18.1. The highest BCUT2D eigenvalue weighted by Crippen LogP contribution is 2.26. The van der Waals surface area contributed by atoms with Crippen molar-refractivity contribution in [2.45, 2.75) is 20.8 Å². The Bertz CT molecular complexity index is 1050. The van der Waals surface area contributed by atoms with E-state index < -0.39 is 0 Å². The number of hydrogen-bond donors (Lipinski definition) is 0. The Morgan fingerprint density at radius 1 is 1.03 bits per heavy atom. The number of anilines is 2. The van der Waals surface area contributed by atoms with Crippen molar-refractivity contribution in [2.24, 2.45) is 0 Å². The molecule has 8 nitrogen and oxygen atoms in total. The Morgan fingerprint density at radius 2 is 1.81 bits per heavy atom. The van der Waals surface area contributed by atoms with Gasteiger partial charge >= 0.3 is 5.97 Å². The van der Waals surface area contributed by atoms with Gasteiger partial charge in [0.15, 0.2) is 5.82 Å². The highest BCUT2D eigenvalue weighted by Gasteiger charge is 2.22. The fourth-order valence-corrected chi connectivity index (χ4v) is 3.60. The van der Waals surface area contributed by atoms with Crippen LogP contribution in [0.2, 0.25) is 0 Å². The van der Waals surface area contributed by atoms with Gasteiger partial charge in [0.2, 0.25) is 0 Å². The molecular weight excluding hydrogens is 392 g/mol. The molecule has 0 bridgehead atoms. The van der Waals surface area contributed by atoms with E-state index in [0.29, 0.717) is 18.0 Å². The maximum atomic E-state index is 11.8. The Morgan fingerprint density at radius 3 is 2.45 bits per heavy atom. The molecule has 4 rings (SSSR count). The monoisotopic (exact) mass is 418 g/mol. The van der Waals surface area contributed by atoms with Crippen LogP contribution in [0.15, 0.2) is 42.9 Å². The normalized spacial score (nSPS) is 13.9. The molecule has 1 aliphatic heterocycles. The summed E-state index contributed by atoms with van der Waals surface area (Å²) in [6, 6.07) is 7.52. The highest BCUT2D eigenvalue weighted by molar-refractivity contribution is 5.89. The van der Waals surface area contributed by atoms with Crippen molar-refractivity contribution in [3.05, 3.63) is 59.7 Å². The van der Waals surface area contributed by atoms with E-state index in [1.54, 1.807) is 31.6 Å². The molecule has 0 spiro atoms. The maximum absolute atomic E-state index is 11.8. The lowest BCUT2D eigenvalue weighted by Gasteiger charge is -2.37. The van der Waals surface area contributed by atoms with Crippen molar-refractivity contribution < 1.29 is 9.53 Å². The van der Waals surface area contributed by atoms with Gasteiger partial charge in [-0.05, 0) is 45.0 Å². The fraction of sp³-hybridized carbons (Fsp3) is 0.348. The van der Waals surface area contributed by atoms with E-state index in [9.17, 15) is 4.79 Å². The second-order valence-corrected chi connectivity index (χ2v) is 7.42. The van der Waals surface area contributed by atoms with Crippen LogP contribution in [0, 0.1) is 13.8 Å². The second-order valence-electron chi connectivity index (χ2n) is 7.42. The lowest BCUT2D eigenvalue weighted by atomic mass is 10.2. The SMILES string of the molecule is CCOC(=O)c1ccc(N2CCN(c3nc(-c4cccnc4)nc(C)c3C)CC2)nc1. The number of aromatic nitrogens is 4. The molecule has 0 unspecified atom stereocenters. The van der Waals surface area contributed by atoms with E-state index in [4.69, 9.17) is 9.72 Å². The quantitative estimate of drug-likeness (QED) is 0.585. The van der Waals surface area contributed by atoms with Gasteiger partial charge in [-0.1, -0.05) is 0 Å². The summed E-state index contributed by atoms with van der Waals surface area (Å²) >= 11 is 0. The second kappa shape index (κ2) is 9.07. The average Bonchev–Trinajstić information content (AvgIpc) is 2.82. The van der Waals surface area contributed by atoms with E-state index in [1.807, 2.05) is 25.1 Å². The van der Waals surface area contributed by atoms with Crippen molar-refractivity contribution in [1.29, 1.82) is 0 Å². The molecule has 3 aromatic heterocycles. The summed E-state index contributed by atoms with van der Waals surface area (Å²) in [4.78, 5) is 34.5. The first-order valence-electron chi connectivity index (χ1n) is 10.5. The van der Waals surface area contributed by atoms with Gasteiger partial charge < -0.3 is 14.5 Å². The van der Waals surface area contributed by atoms with E-state index in [0.717, 1.165) is 54.6 Å². The van der Waals surface area contributed by atoms with Crippen LogP contribution in [0.4, 0.5) is 11.6 Å². The minimum Gasteiger partial charge on any atom is -0.462 e. The van der Waals surface area contributed by atoms with Crippen LogP contribution in [-0.4, -0.2) is 58.7 Å². The fourth-order valence-electron chi connectivity index (χ4n) is 3.60. The summed E-state index contributed by atoms with van der Waals surface area (Å²) in [6.45, 7) is 9.52. The van der Waals surface area contributed by atoms with Gasteiger partial charge in [0.25, 0.3) is 0 Å². The summed E-state index contributed by atoms with van der Waals surface area (Å²) in [7, 11) is 0. The standard InChI is InChI=1S/C23H26N6O2/c1-4-31-23(30)19-7-8-20(25-15-19)28-10-12-29(13-11-28)22-16(2)17(3)26-21(27-22)18-6-5-9-24-14-18/h5-9,14-15H,4,10-13H2,1-3H3. The number of esters is 1. The molecule has 0 N–H and O–H groups in total. The minimum atomic E-state index is -0.342. The van der Waals surface area contributed by atoms with Crippen molar-refractivity contribution in [2.75, 3.05) is 42.6 Å². The summed E-state index contributed by atoms with van der Waals surface area (Å²) in [6.07, 6.45) is 5.12. The lowest BCUT2D eigenvalue weighted by molar-refractivity contribution is 0.0526. The van der Waals surface area contributed by atoms with Gasteiger partial charge in [-0.3, -0.25) is 4.98 Å². The van der Waals surface area contributed by atoms with Gasteiger partial charge in [0.1, 0.15) is 11.6 Å². The first kappa shape index (κ1) is 20.7. The van der Waals surface area contributed by atoms with Gasteiger partial charge in [-0.25, -0.2) is 19.7 Å². The summed E-state index contributed by atoms with van der Waals surface area (Å²) in [5, 5.41) is 0. The molecule has 0 aliphatic carbocycles. The molecule has 4 heterocycles. The van der Waals surface area contributed by atoms with Gasteiger partial charge in [0.05, 0.1) is 12.2 Å². The molecule has 0 saturated carbocycles. The third kappa shape index (κ3) is 4.47. The molecule has 1 saturated heterocycles. The van der Waals surface area contributed by atoms with Crippen LogP contribution in [-0.2, 0) is 4.74 Å². The van der Waals surface area contributed by atoms with Crippen LogP contribution in [0.1, 0.15) is 28.5 Å². The smallest absolute Gasteiger partial charge is 0.339 e. The number of carbonyl (C=O) groups is 1. The van der Waals surface area contributed by atoms with Crippen LogP contribution >= 0.6 is 0 Å². The van der Waals surface area contributed by atoms with Crippen molar-refractivity contribution in [3.63, 3.8) is 0 Å². The largest absolute Gasteiger partial charge is 0.462 e. The molecule has 3 aromatic rings. The zero-order chi connectivity index (χ0) is 21.8. The van der Waals surface area contributed by atoms with E-state index in [-0.39, 0.29) is 5.97 Å². The number of piperazine rings is 1. The van der Waals surface area contributed by atoms with Gasteiger partial charge in [-0.2, -0.15) is 0 Å². The molecule has 31 heavy (non-hydrogen) atoms. The summed E-state index contributed by atoms with van der Waals surface area (Å²) < 4.78 is 5.02. The van der Waals surface area contributed by atoms with E-state index in [2.05, 4.69) is 31.7 Å². The van der Waals surface area contributed by atoms with Crippen molar-refractivity contribution >= 4 is 17.6 Å². The van der Waals surface area contributed by atoms with Crippen LogP contribution < -0.4 is 9.80 Å². The van der Waals surface area contributed by atoms with Crippen LogP contribution in [0.25, 0.3) is 11.4 Å². The average molecular weight is 419 g/mol.